The van der Waals surface area contributed by atoms with E-state index in [1.165, 1.54) is 6.42 Å². The molecule has 1 aliphatic heterocycles. The minimum atomic E-state index is 0.505. The van der Waals surface area contributed by atoms with Crippen molar-refractivity contribution in [1.82, 2.24) is 0 Å². The molecule has 1 heteroatoms. The fraction of sp³-hybridized carbons (Fsp3) is 1.00. The van der Waals surface area contributed by atoms with Crippen LogP contribution >= 0.6 is 0 Å². The van der Waals surface area contributed by atoms with E-state index >= 15 is 0 Å². The molecule has 1 rings (SSSR count). The Bertz CT molecular complexity index is 88.6. The highest BCUT2D eigenvalue weighted by Crippen LogP contribution is 2.26. The minimum absolute atomic E-state index is 0.505. The zero-order valence-corrected chi connectivity index (χ0v) is 6.55. The Labute approximate surface area is 57.4 Å². The summed E-state index contributed by atoms with van der Waals surface area (Å²) in [5.74, 6) is 1.60. The maximum Gasteiger partial charge on any atom is 0.0578 e. The fourth-order valence-corrected chi connectivity index (χ4v) is 1.62. The second-order valence-corrected chi connectivity index (χ2v) is 3.27. The second-order valence-electron chi connectivity index (χ2n) is 3.27. The summed E-state index contributed by atoms with van der Waals surface area (Å²) in [5, 5.41) is 0. The van der Waals surface area contributed by atoms with E-state index in [0.717, 1.165) is 18.4 Å². The van der Waals surface area contributed by atoms with Crippen molar-refractivity contribution in [3.05, 3.63) is 0 Å². The predicted molar refractivity (Wildman–Crippen MR) is 38.4 cm³/mol. The summed E-state index contributed by atoms with van der Waals surface area (Å²) in [6.07, 6.45) is 1.77. The van der Waals surface area contributed by atoms with Crippen LogP contribution in [-0.4, -0.2) is 12.7 Å². The van der Waals surface area contributed by atoms with E-state index in [2.05, 4.69) is 20.8 Å². The van der Waals surface area contributed by atoms with Gasteiger partial charge in [0.15, 0.2) is 0 Å². The summed E-state index contributed by atoms with van der Waals surface area (Å²) < 4.78 is 5.43. The molecule has 0 amide bonds. The Morgan fingerprint density at radius 3 is 2.33 bits per heavy atom. The Balaban J connectivity index is 2.40. The van der Waals surface area contributed by atoms with Gasteiger partial charge in [-0.15, -0.1) is 0 Å². The summed E-state index contributed by atoms with van der Waals surface area (Å²) in [7, 11) is 0. The van der Waals surface area contributed by atoms with Crippen LogP contribution in [-0.2, 0) is 4.74 Å². The molecule has 9 heavy (non-hydrogen) atoms. The lowest BCUT2D eigenvalue weighted by Gasteiger charge is -2.17. The van der Waals surface area contributed by atoms with Gasteiger partial charge in [0.2, 0.25) is 0 Å². The van der Waals surface area contributed by atoms with Crippen LogP contribution in [0.4, 0.5) is 0 Å². The first-order valence-electron chi connectivity index (χ1n) is 3.83. The van der Waals surface area contributed by atoms with Gasteiger partial charge in [-0.3, -0.25) is 0 Å². The average Bonchev–Trinajstić information content (AvgIpc) is 2.13. The summed E-state index contributed by atoms with van der Waals surface area (Å²) in [5.41, 5.74) is 0. The number of rotatable bonds is 1. The van der Waals surface area contributed by atoms with Crippen LogP contribution in [0.25, 0.3) is 0 Å². The maximum atomic E-state index is 5.43. The van der Waals surface area contributed by atoms with Crippen molar-refractivity contribution in [1.29, 1.82) is 0 Å². The molecular formula is C8H16O. The van der Waals surface area contributed by atoms with E-state index < -0.39 is 0 Å². The van der Waals surface area contributed by atoms with Crippen molar-refractivity contribution >= 4 is 0 Å². The van der Waals surface area contributed by atoms with Crippen molar-refractivity contribution in [2.24, 2.45) is 11.8 Å². The molecule has 1 saturated heterocycles. The van der Waals surface area contributed by atoms with Crippen LogP contribution in [0.15, 0.2) is 0 Å². The maximum absolute atomic E-state index is 5.43. The van der Waals surface area contributed by atoms with Gasteiger partial charge in [-0.25, -0.2) is 0 Å². The number of hydrogen-bond acceptors (Lipinski definition) is 1. The molecule has 2 atom stereocenters. The lowest BCUT2D eigenvalue weighted by atomic mass is 9.90. The van der Waals surface area contributed by atoms with E-state index in [9.17, 15) is 0 Å². The van der Waals surface area contributed by atoms with E-state index in [4.69, 9.17) is 4.74 Å². The Morgan fingerprint density at radius 1 is 1.44 bits per heavy atom. The lowest BCUT2D eigenvalue weighted by molar-refractivity contribution is 0.0946. The highest BCUT2D eigenvalue weighted by Gasteiger charge is 2.26. The van der Waals surface area contributed by atoms with E-state index in [1.807, 2.05) is 0 Å². The third-order valence-electron chi connectivity index (χ3n) is 2.29. The first-order valence-corrected chi connectivity index (χ1v) is 3.83. The molecular weight excluding hydrogens is 112 g/mol. The predicted octanol–water partition coefficient (Wildman–Crippen LogP) is 2.07. The molecule has 1 aliphatic rings. The monoisotopic (exact) mass is 128 g/mol. The first kappa shape index (κ1) is 7.07. The van der Waals surface area contributed by atoms with Gasteiger partial charge in [0.25, 0.3) is 0 Å². The lowest BCUT2D eigenvalue weighted by Crippen LogP contribution is -2.16. The molecule has 0 aliphatic carbocycles. The summed E-state index contributed by atoms with van der Waals surface area (Å²) in [4.78, 5) is 0. The Hall–Kier alpha value is -0.0400. The average molecular weight is 128 g/mol. The smallest absolute Gasteiger partial charge is 0.0578 e. The van der Waals surface area contributed by atoms with Gasteiger partial charge >= 0.3 is 0 Å². The van der Waals surface area contributed by atoms with Crippen LogP contribution in [0, 0.1) is 11.8 Å². The van der Waals surface area contributed by atoms with Gasteiger partial charge in [-0.05, 0) is 25.2 Å². The minimum Gasteiger partial charge on any atom is -0.378 e. The molecule has 0 aromatic heterocycles. The van der Waals surface area contributed by atoms with Crippen molar-refractivity contribution < 1.29 is 4.74 Å². The summed E-state index contributed by atoms with van der Waals surface area (Å²) >= 11 is 0. The molecule has 1 fully saturated rings. The van der Waals surface area contributed by atoms with Gasteiger partial charge in [0.1, 0.15) is 0 Å². The van der Waals surface area contributed by atoms with Crippen molar-refractivity contribution in [2.45, 2.75) is 33.3 Å². The second kappa shape index (κ2) is 2.70. The molecule has 0 saturated carbocycles. The third-order valence-corrected chi connectivity index (χ3v) is 2.29. The topological polar surface area (TPSA) is 9.23 Å². The van der Waals surface area contributed by atoms with E-state index in [0.29, 0.717) is 6.10 Å². The van der Waals surface area contributed by atoms with E-state index in [1.54, 1.807) is 0 Å². The highest BCUT2D eigenvalue weighted by atomic mass is 16.5. The quantitative estimate of drug-likeness (QED) is 0.525. The van der Waals surface area contributed by atoms with Gasteiger partial charge < -0.3 is 4.74 Å². The van der Waals surface area contributed by atoms with Crippen LogP contribution in [0.2, 0.25) is 0 Å². The molecule has 0 aromatic rings. The SMILES string of the molecule is CC(C)C1CCO[C@@H]1C. The molecule has 1 unspecified atom stereocenters. The van der Waals surface area contributed by atoms with Crippen LogP contribution in [0.3, 0.4) is 0 Å². The molecule has 54 valence electrons. The molecule has 0 aromatic carbocycles. The van der Waals surface area contributed by atoms with Crippen LogP contribution < -0.4 is 0 Å². The van der Waals surface area contributed by atoms with Gasteiger partial charge in [0, 0.05) is 6.61 Å². The standard InChI is InChI=1S/C8H16O/c1-6(2)8-4-5-9-7(8)3/h6-8H,4-5H2,1-3H3/t7-,8?/m1/s1. The van der Waals surface area contributed by atoms with Crippen molar-refractivity contribution in [3.8, 4) is 0 Å². The zero-order chi connectivity index (χ0) is 6.85. The largest absolute Gasteiger partial charge is 0.378 e. The van der Waals surface area contributed by atoms with Crippen molar-refractivity contribution in [2.75, 3.05) is 6.61 Å². The summed E-state index contributed by atoms with van der Waals surface area (Å²) in [6.45, 7) is 7.70. The fourth-order valence-electron chi connectivity index (χ4n) is 1.62. The van der Waals surface area contributed by atoms with E-state index in [-0.39, 0.29) is 0 Å². The third kappa shape index (κ3) is 1.45. The highest BCUT2D eigenvalue weighted by molar-refractivity contribution is 4.74. The van der Waals surface area contributed by atoms with Gasteiger partial charge in [-0.2, -0.15) is 0 Å². The van der Waals surface area contributed by atoms with Crippen LogP contribution in [0.5, 0.6) is 0 Å². The number of ether oxygens (including phenoxy) is 1. The van der Waals surface area contributed by atoms with Gasteiger partial charge in [-0.1, -0.05) is 13.8 Å². The molecule has 1 heterocycles. The molecule has 0 spiro atoms. The van der Waals surface area contributed by atoms with Gasteiger partial charge in [0.05, 0.1) is 6.10 Å². The number of hydrogen-bond donors (Lipinski definition) is 0. The normalized spacial score (nSPS) is 36.0. The molecule has 1 nitrogen and oxygen atoms in total. The first-order chi connectivity index (χ1) is 4.22. The molecule has 0 radical (unpaired) electrons. The summed E-state index contributed by atoms with van der Waals surface area (Å²) in [6, 6.07) is 0. The zero-order valence-electron chi connectivity index (χ0n) is 6.55. The Morgan fingerprint density at radius 2 is 2.11 bits per heavy atom. The Kier molecular flexibility index (Phi) is 2.12. The molecule has 0 bridgehead atoms. The van der Waals surface area contributed by atoms with Crippen LogP contribution in [0.1, 0.15) is 27.2 Å². The van der Waals surface area contributed by atoms with Crippen molar-refractivity contribution in [3.63, 3.8) is 0 Å². The molecule has 0 N–H and O–H groups in total.